The molecule has 1 atom stereocenters. The van der Waals surface area contributed by atoms with E-state index in [4.69, 9.17) is 9.73 Å². The molecule has 1 aliphatic heterocycles. The maximum Gasteiger partial charge on any atom is 0.251 e. The lowest BCUT2D eigenvalue weighted by Crippen LogP contribution is -2.51. The van der Waals surface area contributed by atoms with E-state index < -0.39 is 5.66 Å². The largest absolute Gasteiger partial charge is 0.494 e. The van der Waals surface area contributed by atoms with E-state index in [1.165, 1.54) is 12.8 Å². The van der Waals surface area contributed by atoms with Gasteiger partial charge in [-0.2, -0.15) is 0 Å². The van der Waals surface area contributed by atoms with Gasteiger partial charge in [0.2, 0.25) is 6.41 Å². The van der Waals surface area contributed by atoms with Crippen LogP contribution in [0.25, 0.3) is 0 Å². The monoisotopic (exact) mass is 713 g/mol. The van der Waals surface area contributed by atoms with Crippen molar-refractivity contribution < 1.29 is 14.3 Å². The second-order valence-electron chi connectivity index (χ2n) is 18.0. The summed E-state index contributed by atoms with van der Waals surface area (Å²) in [5.74, 6) is 1.99. The molecule has 1 heterocycles. The molecule has 0 radical (unpaired) electrons. The fourth-order valence-electron chi connectivity index (χ4n) is 7.55. The summed E-state index contributed by atoms with van der Waals surface area (Å²) in [5.41, 5.74) is 9.04. The van der Waals surface area contributed by atoms with E-state index in [1.807, 2.05) is 48.3 Å². The molecule has 5 rings (SSSR count). The van der Waals surface area contributed by atoms with Gasteiger partial charge in [-0.05, 0) is 122 Å². The lowest BCUT2D eigenvalue weighted by atomic mass is 9.73. The Morgan fingerprint density at radius 1 is 1.04 bits per heavy atom. The van der Waals surface area contributed by atoms with Crippen molar-refractivity contribution in [3.63, 3.8) is 0 Å². The van der Waals surface area contributed by atoms with E-state index in [1.54, 1.807) is 5.01 Å². The van der Waals surface area contributed by atoms with Gasteiger partial charge in [0.15, 0.2) is 5.84 Å². The molecule has 10 heteroatoms. The summed E-state index contributed by atoms with van der Waals surface area (Å²) in [7, 11) is 1.83. The molecule has 2 aromatic carbocycles. The average Bonchev–Trinajstić information content (AvgIpc) is 3.71. The highest BCUT2D eigenvalue weighted by atomic mass is 16.5. The smallest absolute Gasteiger partial charge is 0.251 e. The van der Waals surface area contributed by atoms with Gasteiger partial charge in [-0.15, -0.1) is 10.6 Å². The first kappa shape index (κ1) is 39.3. The van der Waals surface area contributed by atoms with Crippen molar-refractivity contribution in [1.29, 1.82) is 0 Å². The van der Waals surface area contributed by atoms with Crippen molar-refractivity contribution in [3.05, 3.63) is 65.2 Å². The molecular weight excluding hydrogens is 651 g/mol. The van der Waals surface area contributed by atoms with Crippen LogP contribution in [0, 0.1) is 22.2 Å². The summed E-state index contributed by atoms with van der Waals surface area (Å²) in [6, 6.07) is 15.8. The Morgan fingerprint density at radius 2 is 1.71 bits per heavy atom. The summed E-state index contributed by atoms with van der Waals surface area (Å²) >= 11 is 0. The van der Waals surface area contributed by atoms with Crippen molar-refractivity contribution >= 4 is 23.9 Å². The molecule has 0 bridgehead atoms. The summed E-state index contributed by atoms with van der Waals surface area (Å²) in [4.78, 5) is 34.3. The van der Waals surface area contributed by atoms with Crippen molar-refractivity contribution in [1.82, 2.24) is 26.3 Å². The molecule has 0 saturated heterocycles. The number of rotatable bonds is 15. The molecule has 2 saturated carbocycles. The third kappa shape index (κ3) is 10.1. The van der Waals surface area contributed by atoms with Gasteiger partial charge in [0.1, 0.15) is 11.4 Å². The minimum atomic E-state index is -0.689. The molecule has 10 nitrogen and oxygen atoms in total. The highest BCUT2D eigenvalue weighted by Crippen LogP contribution is 2.58. The average molecular weight is 714 g/mol. The van der Waals surface area contributed by atoms with E-state index in [0.29, 0.717) is 29.3 Å². The number of likely N-dealkylation sites (N-methyl/N-ethyl adjacent to an activating group) is 1. The summed E-state index contributed by atoms with van der Waals surface area (Å²) in [5, 5.41) is 8.80. The maximum atomic E-state index is 13.6. The first-order chi connectivity index (χ1) is 24.5. The van der Waals surface area contributed by atoms with E-state index in [9.17, 15) is 9.59 Å². The van der Waals surface area contributed by atoms with Gasteiger partial charge < -0.3 is 15.0 Å². The van der Waals surface area contributed by atoms with Crippen LogP contribution < -0.4 is 21.1 Å². The minimum Gasteiger partial charge on any atom is -0.494 e. The topological polar surface area (TPSA) is 111 Å². The lowest BCUT2D eigenvalue weighted by Gasteiger charge is -2.48. The Morgan fingerprint density at radius 3 is 2.29 bits per heavy atom. The van der Waals surface area contributed by atoms with Gasteiger partial charge in [0.05, 0.1) is 19.2 Å². The molecule has 2 aliphatic carbocycles. The van der Waals surface area contributed by atoms with Crippen LogP contribution in [0.2, 0.25) is 0 Å². The van der Waals surface area contributed by atoms with Crippen molar-refractivity contribution in [2.75, 3.05) is 20.2 Å². The number of hydrogen-bond donors (Lipinski definition) is 3. The highest BCUT2D eigenvalue weighted by Gasteiger charge is 2.50. The number of carbonyl (C=O) groups is 2. The number of nitrogens with zero attached hydrogens (tertiary/aromatic N) is 4. The van der Waals surface area contributed by atoms with E-state index >= 15 is 0 Å². The molecule has 2 aromatic rings. The van der Waals surface area contributed by atoms with Gasteiger partial charge in [-0.3, -0.25) is 19.6 Å². The number of hydrogen-bond acceptors (Lipinski definition) is 8. The van der Waals surface area contributed by atoms with E-state index in [-0.39, 0.29) is 29.3 Å². The van der Waals surface area contributed by atoms with Crippen LogP contribution in [-0.2, 0) is 4.79 Å². The number of nitrogens with one attached hydrogen (secondary N) is 3. The number of hydrazine groups is 2. The van der Waals surface area contributed by atoms with Gasteiger partial charge in [-0.1, -0.05) is 72.7 Å². The van der Waals surface area contributed by atoms with Gasteiger partial charge in [0, 0.05) is 18.3 Å². The van der Waals surface area contributed by atoms with E-state index in [0.717, 1.165) is 73.9 Å². The molecule has 284 valence electrons. The predicted molar refractivity (Wildman–Crippen MR) is 210 cm³/mol. The number of amidine groups is 1. The van der Waals surface area contributed by atoms with Gasteiger partial charge >= 0.3 is 0 Å². The highest BCUT2D eigenvalue weighted by molar-refractivity contribution is 5.99. The third-order valence-corrected chi connectivity index (χ3v) is 11.4. The fraction of sp³-hybridized carbons (Fsp3) is 0.619. The SMILES string of the molecule is CC(=NC1(N(C=O)C(CCC(C)(C)C)c2ccc(C(=O)NCC3=NNNN3C)cc2)CCC(C2(C)CC2)CC1)c1cccc(OCCC(C)(C)C)c1. The Hall–Kier alpha value is -3.92. The number of benzene rings is 2. The Kier molecular flexibility index (Phi) is 12.1. The van der Waals surface area contributed by atoms with Gasteiger partial charge in [0.25, 0.3) is 5.91 Å². The third-order valence-electron chi connectivity index (χ3n) is 11.4. The normalized spacial score (nSPS) is 22.2. The molecule has 3 N–H and O–H groups in total. The Labute approximate surface area is 312 Å². The fourth-order valence-corrected chi connectivity index (χ4v) is 7.55. The molecule has 0 aromatic heterocycles. The standard InChI is InChI=1S/C42H63N7O3/c1-30(33-11-10-12-35(27-33)52-26-25-40(5,6)7)44-42(21-17-34(18-22-42)41(8)23-24-41)49(29-50)36(19-20-39(2,3)4)31-13-15-32(16-14-31)38(51)43-28-37-45-46-47-48(37)9/h10-16,27,29,34,36,46-47H,17-26,28H2,1-9H3,(H,43,51). The predicted octanol–water partition coefficient (Wildman–Crippen LogP) is 8.02. The van der Waals surface area contributed by atoms with Crippen LogP contribution in [0.15, 0.2) is 58.6 Å². The zero-order valence-corrected chi connectivity index (χ0v) is 33.1. The van der Waals surface area contributed by atoms with Crippen molar-refractivity contribution in [2.45, 2.75) is 125 Å². The number of hydrazone groups is 1. The molecule has 52 heavy (non-hydrogen) atoms. The Bertz CT molecular complexity index is 1590. The lowest BCUT2D eigenvalue weighted by molar-refractivity contribution is -0.130. The van der Waals surface area contributed by atoms with Crippen molar-refractivity contribution in [2.24, 2.45) is 32.3 Å². The minimum absolute atomic E-state index is 0.0739. The van der Waals surface area contributed by atoms with Crippen LogP contribution in [0.1, 0.15) is 141 Å². The summed E-state index contributed by atoms with van der Waals surface area (Å²) in [6.07, 6.45) is 10.0. The summed E-state index contributed by atoms with van der Waals surface area (Å²) in [6.45, 7) is 18.9. The van der Waals surface area contributed by atoms with Crippen LogP contribution >= 0.6 is 0 Å². The number of ether oxygens (including phenoxy) is 1. The second-order valence-corrected chi connectivity index (χ2v) is 18.0. The molecule has 2 fully saturated rings. The Balaban J connectivity index is 1.45. The quantitative estimate of drug-likeness (QED) is 0.127. The molecule has 3 aliphatic rings. The van der Waals surface area contributed by atoms with Crippen molar-refractivity contribution in [3.8, 4) is 5.75 Å². The first-order valence-electron chi connectivity index (χ1n) is 19.2. The number of amides is 2. The first-order valence-corrected chi connectivity index (χ1v) is 19.2. The van der Waals surface area contributed by atoms with E-state index in [2.05, 4.69) is 89.0 Å². The number of aliphatic imine (C=N–C) groups is 1. The zero-order valence-electron chi connectivity index (χ0n) is 33.1. The van der Waals surface area contributed by atoms with Crippen LogP contribution in [0.5, 0.6) is 5.75 Å². The molecule has 2 amide bonds. The second kappa shape index (κ2) is 16.0. The molecule has 0 spiro atoms. The summed E-state index contributed by atoms with van der Waals surface area (Å²) < 4.78 is 6.18. The number of carbonyl (C=O) groups excluding carboxylic acids is 2. The molecule has 1 unspecified atom stereocenters. The van der Waals surface area contributed by atoms with Gasteiger partial charge in [-0.25, -0.2) is 5.53 Å². The zero-order chi connectivity index (χ0) is 37.7. The maximum absolute atomic E-state index is 13.6. The van der Waals surface area contributed by atoms with Crippen LogP contribution in [0.3, 0.4) is 0 Å². The van der Waals surface area contributed by atoms with Crippen LogP contribution in [-0.4, -0.2) is 59.6 Å². The molecular formula is C42H63N7O3. The van der Waals surface area contributed by atoms with Crippen LogP contribution in [0.4, 0.5) is 0 Å².